The number of anilines is 1. The highest BCUT2D eigenvalue weighted by molar-refractivity contribution is 9.10. The lowest BCUT2D eigenvalue weighted by atomic mass is 10.2. The first-order valence-electron chi connectivity index (χ1n) is 8.77. The third kappa shape index (κ3) is 4.31. The Morgan fingerprint density at radius 1 is 1.08 bits per heavy atom. The van der Waals surface area contributed by atoms with Crippen LogP contribution in [0.3, 0.4) is 0 Å². The predicted molar refractivity (Wildman–Crippen MR) is 113 cm³/mol. The zero-order valence-corrected chi connectivity index (χ0v) is 17.4. The Morgan fingerprint density at radius 2 is 1.85 bits per heavy atom. The van der Waals surface area contributed by atoms with Gasteiger partial charge >= 0.3 is 0 Å². The topological polar surface area (TPSA) is 36.4 Å². The van der Waals surface area contributed by atoms with Gasteiger partial charge < -0.3 is 4.90 Å². The highest BCUT2D eigenvalue weighted by Gasteiger charge is 2.22. The molecule has 0 radical (unpaired) electrons. The van der Waals surface area contributed by atoms with Gasteiger partial charge in [-0.2, -0.15) is 0 Å². The van der Waals surface area contributed by atoms with Gasteiger partial charge in [0.1, 0.15) is 0 Å². The molecule has 1 heterocycles. The van der Waals surface area contributed by atoms with Crippen LogP contribution in [0, 0.1) is 0 Å². The summed E-state index contributed by atoms with van der Waals surface area (Å²) in [6.07, 6.45) is 0. The van der Waals surface area contributed by atoms with Crippen molar-refractivity contribution in [3.8, 4) is 0 Å². The maximum absolute atomic E-state index is 13.2. The third-order valence-corrected chi connectivity index (χ3v) is 5.92. The fourth-order valence-corrected chi connectivity index (χ4v) is 4.21. The first-order valence-corrected chi connectivity index (χ1v) is 10.4. The summed E-state index contributed by atoms with van der Waals surface area (Å²) in [7, 11) is 0. The molecule has 0 atom stereocenters. The number of halogens is 1. The van der Waals surface area contributed by atoms with Crippen molar-refractivity contribution >= 4 is 48.5 Å². The Kier molecular flexibility index (Phi) is 6.40. The number of aromatic nitrogens is 1. The minimum atomic E-state index is -0.0162. The van der Waals surface area contributed by atoms with Gasteiger partial charge in [-0.15, -0.1) is 0 Å². The second kappa shape index (κ2) is 8.75. The SMILES string of the molecule is CCN(CC)CCN(C(=O)c1cccc(Br)c1)c1nc2ccccc2s1. The number of para-hydroxylation sites is 1. The standard InChI is InChI=1S/C20H22BrN3OS/c1-3-23(4-2)12-13-24(19(25)15-8-7-9-16(21)14-15)20-22-17-10-5-6-11-18(17)26-20/h5-11,14H,3-4,12-13H2,1-2H3. The van der Waals surface area contributed by atoms with Gasteiger partial charge in [0, 0.05) is 23.1 Å². The van der Waals surface area contributed by atoms with E-state index in [0.29, 0.717) is 12.1 Å². The Hall–Kier alpha value is -1.76. The number of hydrogen-bond acceptors (Lipinski definition) is 4. The summed E-state index contributed by atoms with van der Waals surface area (Å²) in [5.74, 6) is -0.0162. The number of nitrogens with zero attached hydrogens (tertiary/aromatic N) is 3. The third-order valence-electron chi connectivity index (χ3n) is 4.36. The van der Waals surface area contributed by atoms with Crippen LogP contribution < -0.4 is 4.90 Å². The molecule has 3 rings (SSSR count). The van der Waals surface area contributed by atoms with Crippen LogP contribution in [-0.2, 0) is 0 Å². The van der Waals surface area contributed by atoms with Crippen LogP contribution in [0.15, 0.2) is 53.0 Å². The maximum atomic E-state index is 13.2. The fraction of sp³-hybridized carbons (Fsp3) is 0.300. The molecule has 1 aromatic heterocycles. The summed E-state index contributed by atoms with van der Waals surface area (Å²) in [5, 5.41) is 0.753. The number of carbonyl (C=O) groups is 1. The Balaban J connectivity index is 1.93. The van der Waals surface area contributed by atoms with Gasteiger partial charge in [-0.05, 0) is 43.4 Å². The van der Waals surface area contributed by atoms with Gasteiger partial charge in [-0.25, -0.2) is 4.98 Å². The lowest BCUT2D eigenvalue weighted by Crippen LogP contribution is -2.38. The fourth-order valence-electron chi connectivity index (χ4n) is 2.82. The first-order chi connectivity index (χ1) is 12.6. The molecular formula is C20H22BrN3OS. The summed E-state index contributed by atoms with van der Waals surface area (Å²) in [5.41, 5.74) is 1.60. The van der Waals surface area contributed by atoms with E-state index in [4.69, 9.17) is 4.98 Å². The molecular weight excluding hydrogens is 410 g/mol. The quantitative estimate of drug-likeness (QED) is 0.525. The molecule has 2 aromatic carbocycles. The van der Waals surface area contributed by atoms with Crippen molar-refractivity contribution in [1.29, 1.82) is 0 Å². The van der Waals surface area contributed by atoms with Gasteiger partial charge in [0.25, 0.3) is 5.91 Å². The minimum Gasteiger partial charge on any atom is -0.302 e. The largest absolute Gasteiger partial charge is 0.302 e. The van der Waals surface area contributed by atoms with Gasteiger partial charge in [0.2, 0.25) is 0 Å². The normalized spacial score (nSPS) is 11.2. The van der Waals surface area contributed by atoms with E-state index < -0.39 is 0 Å². The molecule has 0 spiro atoms. The number of fused-ring (bicyclic) bond motifs is 1. The summed E-state index contributed by atoms with van der Waals surface area (Å²) >= 11 is 5.02. The minimum absolute atomic E-state index is 0.0162. The van der Waals surface area contributed by atoms with Crippen LogP contribution in [0.1, 0.15) is 24.2 Å². The lowest BCUT2D eigenvalue weighted by Gasteiger charge is -2.24. The second-order valence-electron chi connectivity index (χ2n) is 5.96. The van der Waals surface area contributed by atoms with E-state index in [9.17, 15) is 4.79 Å². The average Bonchev–Trinajstić information content (AvgIpc) is 3.08. The van der Waals surface area contributed by atoms with Crippen molar-refractivity contribution in [1.82, 2.24) is 9.88 Å². The molecule has 0 fully saturated rings. The highest BCUT2D eigenvalue weighted by Crippen LogP contribution is 2.29. The van der Waals surface area contributed by atoms with E-state index in [-0.39, 0.29) is 5.91 Å². The lowest BCUT2D eigenvalue weighted by molar-refractivity contribution is 0.0983. The molecule has 1 amide bonds. The van der Waals surface area contributed by atoms with E-state index in [2.05, 4.69) is 34.7 Å². The summed E-state index contributed by atoms with van der Waals surface area (Å²) in [4.78, 5) is 22.0. The Bertz CT molecular complexity index is 858. The number of rotatable bonds is 7. The maximum Gasteiger partial charge on any atom is 0.260 e. The van der Waals surface area contributed by atoms with Crippen molar-refractivity contribution in [2.45, 2.75) is 13.8 Å². The molecule has 0 N–H and O–H groups in total. The number of thiazole rings is 1. The number of hydrogen-bond donors (Lipinski definition) is 0. The molecule has 0 bridgehead atoms. The average molecular weight is 432 g/mol. The smallest absolute Gasteiger partial charge is 0.260 e. The molecule has 0 aliphatic heterocycles. The highest BCUT2D eigenvalue weighted by atomic mass is 79.9. The number of likely N-dealkylation sites (N-methyl/N-ethyl adjacent to an activating group) is 1. The molecule has 0 saturated carbocycles. The number of carbonyl (C=O) groups excluding carboxylic acids is 1. The van der Waals surface area contributed by atoms with E-state index in [1.165, 1.54) is 0 Å². The van der Waals surface area contributed by atoms with Crippen LogP contribution >= 0.6 is 27.3 Å². The van der Waals surface area contributed by atoms with Crippen LogP contribution in [-0.4, -0.2) is 42.0 Å². The van der Waals surface area contributed by atoms with Crippen LogP contribution in [0.25, 0.3) is 10.2 Å². The molecule has 0 saturated heterocycles. The summed E-state index contributed by atoms with van der Waals surface area (Å²) < 4.78 is 1.99. The molecule has 3 aromatic rings. The van der Waals surface area contributed by atoms with Crippen molar-refractivity contribution in [3.05, 3.63) is 58.6 Å². The molecule has 6 heteroatoms. The Labute approximate surface area is 166 Å². The molecule has 26 heavy (non-hydrogen) atoms. The number of benzene rings is 2. The van der Waals surface area contributed by atoms with Crippen LogP contribution in [0.2, 0.25) is 0 Å². The van der Waals surface area contributed by atoms with E-state index in [1.807, 2.05) is 53.4 Å². The van der Waals surface area contributed by atoms with Gasteiger partial charge in [0.15, 0.2) is 5.13 Å². The molecule has 0 aliphatic carbocycles. The summed E-state index contributed by atoms with van der Waals surface area (Å²) in [6.45, 7) is 7.66. The monoisotopic (exact) mass is 431 g/mol. The Morgan fingerprint density at radius 3 is 2.54 bits per heavy atom. The van der Waals surface area contributed by atoms with Crippen molar-refractivity contribution in [2.75, 3.05) is 31.1 Å². The molecule has 4 nitrogen and oxygen atoms in total. The molecule has 0 unspecified atom stereocenters. The van der Waals surface area contributed by atoms with Crippen molar-refractivity contribution in [2.24, 2.45) is 0 Å². The molecule has 136 valence electrons. The zero-order valence-electron chi connectivity index (χ0n) is 15.0. The first kappa shape index (κ1) is 19.0. The molecule has 0 aliphatic rings. The van der Waals surface area contributed by atoms with Gasteiger partial charge in [-0.1, -0.05) is 59.3 Å². The van der Waals surface area contributed by atoms with Crippen molar-refractivity contribution in [3.63, 3.8) is 0 Å². The predicted octanol–water partition coefficient (Wildman–Crippen LogP) is 5.05. The number of amides is 1. The van der Waals surface area contributed by atoms with Crippen molar-refractivity contribution < 1.29 is 4.79 Å². The summed E-state index contributed by atoms with van der Waals surface area (Å²) in [6, 6.07) is 15.5. The van der Waals surface area contributed by atoms with Crippen LogP contribution in [0.4, 0.5) is 5.13 Å². The van der Waals surface area contributed by atoms with Gasteiger partial charge in [0.05, 0.1) is 10.2 Å². The van der Waals surface area contributed by atoms with E-state index >= 15 is 0 Å². The van der Waals surface area contributed by atoms with E-state index in [0.717, 1.165) is 39.5 Å². The van der Waals surface area contributed by atoms with E-state index in [1.54, 1.807) is 11.3 Å². The van der Waals surface area contributed by atoms with Crippen LogP contribution in [0.5, 0.6) is 0 Å². The zero-order chi connectivity index (χ0) is 18.5. The second-order valence-corrected chi connectivity index (χ2v) is 7.88. The van der Waals surface area contributed by atoms with Gasteiger partial charge in [-0.3, -0.25) is 9.69 Å².